The second-order valence-corrected chi connectivity index (χ2v) is 5.93. The second-order valence-electron chi connectivity index (χ2n) is 5.93. The Morgan fingerprint density at radius 1 is 1.25 bits per heavy atom. The van der Waals surface area contributed by atoms with Gasteiger partial charge in [-0.15, -0.1) is 13.2 Å². The topological polar surface area (TPSA) is 35.2 Å². The summed E-state index contributed by atoms with van der Waals surface area (Å²) in [5.41, 5.74) is 6.59. The Labute approximate surface area is 117 Å². The van der Waals surface area contributed by atoms with Crippen LogP contribution in [-0.4, -0.2) is 6.36 Å². The van der Waals surface area contributed by atoms with Crippen LogP contribution in [0.25, 0.3) is 0 Å². The number of alkyl halides is 3. The minimum absolute atomic E-state index is 0.203. The SMILES string of the molecule is CC1CCC(N)(c2cccc(OC(F)(F)F)c2)CC1C. The second kappa shape index (κ2) is 5.28. The van der Waals surface area contributed by atoms with Crippen LogP contribution in [0.4, 0.5) is 13.2 Å². The molecule has 5 heteroatoms. The maximum atomic E-state index is 12.3. The first-order chi connectivity index (χ1) is 9.20. The zero-order valence-corrected chi connectivity index (χ0v) is 11.7. The van der Waals surface area contributed by atoms with Gasteiger partial charge >= 0.3 is 6.36 Å². The van der Waals surface area contributed by atoms with E-state index in [1.807, 2.05) is 0 Å². The molecule has 0 aromatic heterocycles. The van der Waals surface area contributed by atoms with Crippen LogP contribution >= 0.6 is 0 Å². The molecule has 0 spiro atoms. The molecule has 0 heterocycles. The lowest BCUT2D eigenvalue weighted by Crippen LogP contribution is -2.43. The van der Waals surface area contributed by atoms with Crippen LogP contribution in [0.15, 0.2) is 24.3 Å². The normalized spacial score (nSPS) is 31.1. The summed E-state index contributed by atoms with van der Waals surface area (Å²) in [7, 11) is 0. The molecule has 2 nitrogen and oxygen atoms in total. The molecule has 2 rings (SSSR count). The third-order valence-corrected chi connectivity index (χ3v) is 4.35. The van der Waals surface area contributed by atoms with E-state index < -0.39 is 11.9 Å². The molecule has 0 bridgehead atoms. The van der Waals surface area contributed by atoms with Crippen molar-refractivity contribution in [3.05, 3.63) is 29.8 Å². The third kappa shape index (κ3) is 3.45. The lowest BCUT2D eigenvalue weighted by Gasteiger charge is -2.40. The molecular formula is C15H20F3NO. The molecule has 2 N–H and O–H groups in total. The summed E-state index contributed by atoms with van der Waals surface area (Å²) in [5, 5.41) is 0. The average molecular weight is 287 g/mol. The summed E-state index contributed by atoms with van der Waals surface area (Å²) in [6.07, 6.45) is -2.12. The van der Waals surface area contributed by atoms with E-state index in [2.05, 4.69) is 18.6 Å². The summed E-state index contributed by atoms with van der Waals surface area (Å²) >= 11 is 0. The van der Waals surface area contributed by atoms with E-state index in [4.69, 9.17) is 5.73 Å². The summed E-state index contributed by atoms with van der Waals surface area (Å²) in [5.74, 6) is 0.855. The standard InChI is InChI=1S/C15H20F3NO/c1-10-6-7-14(19,9-11(10)2)12-4-3-5-13(8-12)20-15(16,17)18/h3-5,8,10-11H,6-7,9,19H2,1-2H3. The maximum absolute atomic E-state index is 12.3. The first kappa shape index (κ1) is 15.2. The van der Waals surface area contributed by atoms with E-state index in [-0.39, 0.29) is 5.75 Å². The number of rotatable bonds is 2. The summed E-state index contributed by atoms with van der Waals surface area (Å²) in [6.45, 7) is 4.33. The zero-order chi connectivity index (χ0) is 15.0. The van der Waals surface area contributed by atoms with Crippen LogP contribution in [0.3, 0.4) is 0 Å². The fourth-order valence-corrected chi connectivity index (χ4v) is 2.91. The minimum atomic E-state index is -4.67. The van der Waals surface area contributed by atoms with Crippen LogP contribution in [0.2, 0.25) is 0 Å². The first-order valence-electron chi connectivity index (χ1n) is 6.85. The van der Waals surface area contributed by atoms with Gasteiger partial charge in [-0.1, -0.05) is 26.0 Å². The van der Waals surface area contributed by atoms with E-state index in [1.54, 1.807) is 12.1 Å². The Hall–Kier alpha value is -1.23. The number of benzene rings is 1. The van der Waals surface area contributed by atoms with Gasteiger partial charge in [0, 0.05) is 5.54 Å². The van der Waals surface area contributed by atoms with Crippen molar-refractivity contribution in [2.24, 2.45) is 17.6 Å². The Balaban J connectivity index is 2.22. The summed E-state index contributed by atoms with van der Waals surface area (Å²) in [4.78, 5) is 0. The minimum Gasteiger partial charge on any atom is -0.406 e. The van der Waals surface area contributed by atoms with Gasteiger partial charge in [0.15, 0.2) is 0 Å². The van der Waals surface area contributed by atoms with Crippen molar-refractivity contribution < 1.29 is 17.9 Å². The Morgan fingerprint density at radius 3 is 2.55 bits per heavy atom. The highest BCUT2D eigenvalue weighted by Gasteiger charge is 2.37. The van der Waals surface area contributed by atoms with Crippen molar-refractivity contribution in [1.29, 1.82) is 0 Å². The molecule has 1 aliphatic rings. The third-order valence-electron chi connectivity index (χ3n) is 4.35. The molecule has 0 radical (unpaired) electrons. The quantitative estimate of drug-likeness (QED) is 0.885. The van der Waals surface area contributed by atoms with Gasteiger partial charge in [0.05, 0.1) is 0 Å². The molecule has 1 aromatic carbocycles. The number of hydrogen-bond acceptors (Lipinski definition) is 2. The van der Waals surface area contributed by atoms with Gasteiger partial charge in [-0.25, -0.2) is 0 Å². The molecule has 3 unspecified atom stereocenters. The van der Waals surface area contributed by atoms with Crippen molar-refractivity contribution in [1.82, 2.24) is 0 Å². The highest BCUT2D eigenvalue weighted by molar-refractivity contribution is 5.34. The molecule has 1 fully saturated rings. The molecule has 3 atom stereocenters. The fraction of sp³-hybridized carbons (Fsp3) is 0.600. The maximum Gasteiger partial charge on any atom is 0.573 e. The molecule has 1 aliphatic carbocycles. The van der Waals surface area contributed by atoms with Crippen LogP contribution < -0.4 is 10.5 Å². The lowest BCUT2D eigenvalue weighted by molar-refractivity contribution is -0.274. The van der Waals surface area contributed by atoms with Crippen molar-refractivity contribution in [2.45, 2.75) is 45.0 Å². The van der Waals surface area contributed by atoms with Crippen molar-refractivity contribution in [3.63, 3.8) is 0 Å². The van der Waals surface area contributed by atoms with Crippen molar-refractivity contribution >= 4 is 0 Å². The predicted octanol–water partition coefficient (Wildman–Crippen LogP) is 4.20. The highest BCUT2D eigenvalue weighted by Crippen LogP contribution is 2.41. The van der Waals surface area contributed by atoms with Crippen molar-refractivity contribution in [3.8, 4) is 5.75 Å². The molecular weight excluding hydrogens is 267 g/mol. The highest BCUT2D eigenvalue weighted by atomic mass is 19.4. The van der Waals surface area contributed by atoms with Gasteiger partial charge < -0.3 is 10.5 Å². The number of hydrogen-bond donors (Lipinski definition) is 1. The van der Waals surface area contributed by atoms with Gasteiger partial charge in [0.1, 0.15) is 5.75 Å². The van der Waals surface area contributed by atoms with Gasteiger partial charge in [-0.05, 0) is 48.8 Å². The lowest BCUT2D eigenvalue weighted by atomic mass is 9.69. The summed E-state index contributed by atoms with van der Waals surface area (Å²) < 4.78 is 40.8. The Kier molecular flexibility index (Phi) is 4.00. The average Bonchev–Trinajstić information content (AvgIpc) is 2.33. The van der Waals surface area contributed by atoms with Crippen LogP contribution in [-0.2, 0) is 5.54 Å². The van der Waals surface area contributed by atoms with E-state index in [1.165, 1.54) is 12.1 Å². The van der Waals surface area contributed by atoms with E-state index in [0.717, 1.165) is 24.8 Å². The first-order valence-corrected chi connectivity index (χ1v) is 6.85. The fourth-order valence-electron chi connectivity index (χ4n) is 2.91. The van der Waals surface area contributed by atoms with E-state index in [0.29, 0.717) is 11.8 Å². The van der Waals surface area contributed by atoms with Gasteiger partial charge in [-0.3, -0.25) is 0 Å². The number of ether oxygens (including phenoxy) is 1. The smallest absolute Gasteiger partial charge is 0.406 e. The zero-order valence-electron chi connectivity index (χ0n) is 11.7. The largest absolute Gasteiger partial charge is 0.573 e. The van der Waals surface area contributed by atoms with E-state index in [9.17, 15) is 13.2 Å². The predicted molar refractivity (Wildman–Crippen MR) is 71.2 cm³/mol. The molecule has 1 saturated carbocycles. The van der Waals surface area contributed by atoms with Crippen molar-refractivity contribution in [2.75, 3.05) is 0 Å². The molecule has 112 valence electrons. The summed E-state index contributed by atoms with van der Waals surface area (Å²) in [6, 6.07) is 6.06. The van der Waals surface area contributed by atoms with Crippen LogP contribution in [0.1, 0.15) is 38.7 Å². The van der Waals surface area contributed by atoms with Crippen LogP contribution in [0.5, 0.6) is 5.75 Å². The molecule has 1 aromatic rings. The Bertz CT molecular complexity index is 474. The number of nitrogens with two attached hydrogens (primary N) is 1. The molecule has 20 heavy (non-hydrogen) atoms. The number of halogens is 3. The monoisotopic (exact) mass is 287 g/mol. The molecule has 0 saturated heterocycles. The van der Waals surface area contributed by atoms with E-state index >= 15 is 0 Å². The van der Waals surface area contributed by atoms with Gasteiger partial charge in [-0.2, -0.15) is 0 Å². The van der Waals surface area contributed by atoms with Gasteiger partial charge in [0.25, 0.3) is 0 Å². The molecule has 0 aliphatic heterocycles. The molecule has 0 amide bonds. The van der Waals surface area contributed by atoms with Gasteiger partial charge in [0.2, 0.25) is 0 Å². The van der Waals surface area contributed by atoms with Crippen LogP contribution in [0, 0.1) is 11.8 Å². The Morgan fingerprint density at radius 2 is 1.95 bits per heavy atom.